The number of carbonyl (C=O) groups is 4. The van der Waals surface area contributed by atoms with E-state index in [4.69, 9.17) is 5.73 Å². The molecule has 3 aliphatic rings. The Kier molecular flexibility index (Phi) is 4.19. The first-order chi connectivity index (χ1) is 14.8. The summed E-state index contributed by atoms with van der Waals surface area (Å²) in [7, 11) is 0. The van der Waals surface area contributed by atoms with Crippen molar-refractivity contribution in [1.82, 2.24) is 10.2 Å². The van der Waals surface area contributed by atoms with Crippen LogP contribution in [0.5, 0.6) is 0 Å². The van der Waals surface area contributed by atoms with Crippen molar-refractivity contribution in [3.05, 3.63) is 65.5 Å². The van der Waals surface area contributed by atoms with Gasteiger partial charge in [-0.2, -0.15) is 0 Å². The van der Waals surface area contributed by atoms with Crippen LogP contribution in [0.1, 0.15) is 17.5 Å². The Morgan fingerprint density at radius 2 is 1.84 bits per heavy atom. The fraction of sp³-hybridized carbons (Fsp3) is 0.273. The highest BCUT2D eigenvalue weighted by Gasteiger charge is 2.70. The smallest absolute Gasteiger partial charge is 0.250 e. The van der Waals surface area contributed by atoms with Gasteiger partial charge in [0.2, 0.25) is 23.6 Å². The van der Waals surface area contributed by atoms with Gasteiger partial charge in [-0.15, -0.1) is 0 Å². The zero-order valence-corrected chi connectivity index (χ0v) is 16.3. The average molecular weight is 422 g/mol. The van der Waals surface area contributed by atoms with Crippen LogP contribution in [0.2, 0.25) is 0 Å². The predicted octanol–water partition coefficient (Wildman–Crippen LogP) is 0.622. The Labute approximate surface area is 176 Å². The highest BCUT2D eigenvalue weighted by Crippen LogP contribution is 2.53. The van der Waals surface area contributed by atoms with E-state index in [1.807, 2.05) is 6.07 Å². The number of nitrogens with one attached hydrogen (secondary N) is 2. The fourth-order valence-electron chi connectivity index (χ4n) is 5.15. The molecule has 0 radical (unpaired) electrons. The molecule has 0 saturated carbocycles. The number of hydrogen-bond acceptors (Lipinski definition) is 5. The third kappa shape index (κ3) is 2.70. The molecule has 1 spiro atoms. The number of amides is 4. The van der Waals surface area contributed by atoms with Crippen LogP contribution in [0.4, 0.5) is 10.1 Å². The van der Waals surface area contributed by atoms with Gasteiger partial charge in [-0.25, -0.2) is 4.39 Å². The Balaban J connectivity index is 1.62. The molecule has 2 saturated heterocycles. The van der Waals surface area contributed by atoms with E-state index in [1.54, 1.807) is 24.3 Å². The first-order valence-electron chi connectivity index (χ1n) is 9.89. The number of imide groups is 1. The molecule has 2 aromatic carbocycles. The quantitative estimate of drug-likeness (QED) is 0.624. The zero-order valence-electron chi connectivity index (χ0n) is 16.3. The van der Waals surface area contributed by atoms with Crippen molar-refractivity contribution >= 4 is 29.3 Å². The van der Waals surface area contributed by atoms with Gasteiger partial charge in [0, 0.05) is 23.7 Å². The molecule has 4 N–H and O–H groups in total. The lowest BCUT2D eigenvalue weighted by Gasteiger charge is -2.29. The van der Waals surface area contributed by atoms with E-state index in [2.05, 4.69) is 10.6 Å². The Hall–Kier alpha value is -3.59. The highest BCUT2D eigenvalue weighted by molar-refractivity contribution is 6.15. The fourth-order valence-corrected chi connectivity index (χ4v) is 5.15. The molecule has 9 heteroatoms. The van der Waals surface area contributed by atoms with Crippen LogP contribution in [-0.4, -0.2) is 34.6 Å². The normalized spacial score (nSPS) is 28.7. The molecule has 158 valence electrons. The molecule has 3 aliphatic heterocycles. The van der Waals surface area contributed by atoms with Gasteiger partial charge in [0.25, 0.3) is 0 Å². The summed E-state index contributed by atoms with van der Waals surface area (Å²) >= 11 is 0. The van der Waals surface area contributed by atoms with Gasteiger partial charge in [-0.05, 0) is 23.8 Å². The number of likely N-dealkylation sites (tertiary alicyclic amines) is 1. The van der Waals surface area contributed by atoms with Gasteiger partial charge < -0.3 is 11.1 Å². The average Bonchev–Trinajstić information content (AvgIpc) is 3.29. The van der Waals surface area contributed by atoms with Crippen LogP contribution in [0.3, 0.4) is 0 Å². The summed E-state index contributed by atoms with van der Waals surface area (Å²) in [5.41, 5.74) is 5.09. The molecule has 0 aromatic heterocycles. The number of hydrogen-bond donors (Lipinski definition) is 3. The van der Waals surface area contributed by atoms with E-state index in [0.717, 1.165) is 10.5 Å². The molecule has 2 unspecified atom stereocenters. The summed E-state index contributed by atoms with van der Waals surface area (Å²) in [6.45, 7) is 0.0442. The molecule has 4 atom stereocenters. The topological polar surface area (TPSA) is 122 Å². The minimum absolute atomic E-state index is 0.0442. The maximum atomic E-state index is 14.1. The van der Waals surface area contributed by atoms with Gasteiger partial charge in [0.05, 0.1) is 18.4 Å². The standard InChI is InChI=1S/C22H19FN4O4/c23-12-6-7-14-13(8-12)22(21(31)25-14)18-17(15(26-22)9-16(24)28)19(29)27(20(18)30)10-11-4-2-1-3-5-11/h1-8,15,17-18,26H,9-10H2,(H2,24,28)(H,25,31)/t15?,17-,18+,22?/m1/s1. The summed E-state index contributed by atoms with van der Waals surface area (Å²) in [5, 5.41) is 5.71. The monoisotopic (exact) mass is 422 g/mol. The summed E-state index contributed by atoms with van der Waals surface area (Å²) in [6, 6.07) is 12.0. The third-order valence-corrected chi connectivity index (χ3v) is 6.37. The molecular weight excluding hydrogens is 403 g/mol. The summed E-state index contributed by atoms with van der Waals surface area (Å²) in [6.07, 6.45) is -0.237. The van der Waals surface area contributed by atoms with Gasteiger partial charge in [-0.1, -0.05) is 30.3 Å². The molecule has 5 rings (SSSR count). The van der Waals surface area contributed by atoms with Gasteiger partial charge in [-0.3, -0.25) is 29.4 Å². The Bertz CT molecular complexity index is 1140. The summed E-state index contributed by atoms with van der Waals surface area (Å²) in [5.74, 6) is -4.91. The van der Waals surface area contributed by atoms with Crippen molar-refractivity contribution < 1.29 is 23.6 Å². The number of benzene rings is 2. The van der Waals surface area contributed by atoms with Crippen LogP contribution in [0, 0.1) is 17.7 Å². The lowest BCUT2D eigenvalue weighted by Crippen LogP contribution is -2.53. The van der Waals surface area contributed by atoms with Crippen LogP contribution < -0.4 is 16.4 Å². The number of primary amides is 1. The van der Waals surface area contributed by atoms with Gasteiger partial charge in [0.1, 0.15) is 11.4 Å². The van der Waals surface area contributed by atoms with Crippen molar-refractivity contribution in [2.24, 2.45) is 17.6 Å². The van der Waals surface area contributed by atoms with Crippen molar-refractivity contribution in [3.8, 4) is 0 Å². The van der Waals surface area contributed by atoms with Crippen LogP contribution in [-0.2, 0) is 31.3 Å². The Morgan fingerprint density at radius 1 is 1.10 bits per heavy atom. The minimum atomic E-state index is -1.65. The zero-order chi connectivity index (χ0) is 21.9. The first-order valence-corrected chi connectivity index (χ1v) is 9.89. The number of rotatable bonds is 4. The van der Waals surface area contributed by atoms with Gasteiger partial charge >= 0.3 is 0 Å². The van der Waals surface area contributed by atoms with E-state index in [1.165, 1.54) is 18.2 Å². The van der Waals surface area contributed by atoms with Crippen LogP contribution in [0.25, 0.3) is 0 Å². The van der Waals surface area contributed by atoms with Crippen molar-refractivity contribution in [1.29, 1.82) is 0 Å². The number of halogens is 1. The number of nitrogens with zero attached hydrogens (tertiary/aromatic N) is 1. The molecule has 4 amide bonds. The molecule has 0 bridgehead atoms. The molecule has 2 aromatic rings. The minimum Gasteiger partial charge on any atom is -0.370 e. The van der Waals surface area contributed by atoms with Gasteiger partial charge in [0.15, 0.2) is 0 Å². The lowest BCUT2D eigenvalue weighted by molar-refractivity contribution is -0.143. The maximum absolute atomic E-state index is 14.1. The Morgan fingerprint density at radius 3 is 2.55 bits per heavy atom. The summed E-state index contributed by atoms with van der Waals surface area (Å²) in [4.78, 5) is 52.8. The second kappa shape index (κ2) is 6.71. The van der Waals surface area contributed by atoms with E-state index in [9.17, 15) is 23.6 Å². The van der Waals surface area contributed by atoms with E-state index >= 15 is 0 Å². The largest absolute Gasteiger partial charge is 0.370 e. The SMILES string of the molecule is NC(=O)CC1NC2(C(=O)Nc3ccc(F)cc32)[C@@H]2C(=O)N(Cc3ccccc3)C(=O)[C@H]12. The van der Waals surface area contributed by atoms with E-state index < -0.39 is 52.9 Å². The number of carbonyl (C=O) groups excluding carboxylic acids is 4. The highest BCUT2D eigenvalue weighted by atomic mass is 19.1. The van der Waals surface area contributed by atoms with Crippen LogP contribution in [0.15, 0.2) is 48.5 Å². The molecule has 8 nitrogen and oxygen atoms in total. The van der Waals surface area contributed by atoms with Crippen LogP contribution >= 0.6 is 0 Å². The lowest BCUT2D eigenvalue weighted by atomic mass is 9.76. The number of fused-ring (bicyclic) bond motifs is 4. The van der Waals surface area contributed by atoms with Crippen molar-refractivity contribution in [3.63, 3.8) is 0 Å². The molecular formula is C22H19FN4O4. The maximum Gasteiger partial charge on any atom is 0.250 e. The van der Waals surface area contributed by atoms with Crippen molar-refractivity contribution in [2.45, 2.75) is 24.5 Å². The first kappa shape index (κ1) is 19.4. The van der Waals surface area contributed by atoms with Crippen molar-refractivity contribution in [2.75, 3.05) is 5.32 Å². The predicted molar refractivity (Wildman–Crippen MR) is 106 cm³/mol. The molecule has 3 heterocycles. The van der Waals surface area contributed by atoms with E-state index in [-0.39, 0.29) is 18.5 Å². The number of anilines is 1. The molecule has 0 aliphatic carbocycles. The van der Waals surface area contributed by atoms with E-state index in [0.29, 0.717) is 5.69 Å². The second-order valence-electron chi connectivity index (χ2n) is 8.12. The summed E-state index contributed by atoms with van der Waals surface area (Å²) < 4.78 is 14.1. The molecule has 2 fully saturated rings. The number of nitrogens with two attached hydrogens (primary N) is 1. The second-order valence-corrected chi connectivity index (χ2v) is 8.12. The third-order valence-electron chi connectivity index (χ3n) is 6.37. The molecule has 31 heavy (non-hydrogen) atoms.